The SMILES string of the molecule is CCCCC(c1ccc(C)cc1)c1ncc[nH]1. The van der Waals surface area contributed by atoms with Crippen LogP contribution in [-0.2, 0) is 0 Å². The van der Waals surface area contributed by atoms with Gasteiger partial charge < -0.3 is 4.98 Å². The minimum absolute atomic E-state index is 0.408. The first kappa shape index (κ1) is 11.9. The summed E-state index contributed by atoms with van der Waals surface area (Å²) in [6.07, 6.45) is 7.36. The molecule has 1 N–H and O–H groups in total. The summed E-state index contributed by atoms with van der Waals surface area (Å²) in [5.41, 5.74) is 2.67. The zero-order valence-electron chi connectivity index (χ0n) is 10.6. The van der Waals surface area contributed by atoms with Crippen LogP contribution < -0.4 is 0 Å². The second kappa shape index (κ2) is 5.67. The normalized spacial score (nSPS) is 12.6. The molecule has 0 aliphatic rings. The Morgan fingerprint density at radius 1 is 1.24 bits per heavy atom. The van der Waals surface area contributed by atoms with E-state index in [4.69, 9.17) is 0 Å². The van der Waals surface area contributed by atoms with Gasteiger partial charge in [-0.25, -0.2) is 4.98 Å². The number of aromatic nitrogens is 2. The van der Waals surface area contributed by atoms with Crippen molar-refractivity contribution in [3.8, 4) is 0 Å². The highest BCUT2D eigenvalue weighted by Crippen LogP contribution is 2.27. The second-order valence-electron chi connectivity index (χ2n) is 4.58. The third-order valence-corrected chi connectivity index (χ3v) is 3.18. The molecule has 2 aromatic rings. The number of hydrogen-bond donors (Lipinski definition) is 1. The summed E-state index contributed by atoms with van der Waals surface area (Å²) in [5.74, 6) is 1.49. The van der Waals surface area contributed by atoms with Gasteiger partial charge in [-0.1, -0.05) is 49.6 Å². The van der Waals surface area contributed by atoms with Gasteiger partial charge in [-0.15, -0.1) is 0 Å². The van der Waals surface area contributed by atoms with E-state index in [-0.39, 0.29) is 0 Å². The Kier molecular flexibility index (Phi) is 3.97. The molecule has 0 saturated carbocycles. The standard InChI is InChI=1S/C15H20N2/c1-3-4-5-14(15-16-10-11-17-15)13-8-6-12(2)7-9-13/h6-11,14H,3-5H2,1-2H3,(H,16,17). The molecule has 1 heterocycles. The topological polar surface area (TPSA) is 28.7 Å². The predicted octanol–water partition coefficient (Wildman–Crippen LogP) is 4.04. The van der Waals surface area contributed by atoms with Crippen LogP contribution in [0.3, 0.4) is 0 Å². The van der Waals surface area contributed by atoms with Gasteiger partial charge in [0, 0.05) is 18.3 Å². The van der Waals surface area contributed by atoms with Gasteiger partial charge in [-0.05, 0) is 18.9 Å². The number of unbranched alkanes of at least 4 members (excludes halogenated alkanes) is 1. The lowest BCUT2D eigenvalue weighted by Crippen LogP contribution is -2.03. The summed E-state index contributed by atoms with van der Waals surface area (Å²) in [5, 5.41) is 0. The first-order valence-electron chi connectivity index (χ1n) is 6.37. The monoisotopic (exact) mass is 228 g/mol. The average molecular weight is 228 g/mol. The lowest BCUT2D eigenvalue weighted by atomic mass is 9.92. The van der Waals surface area contributed by atoms with E-state index in [1.165, 1.54) is 24.0 Å². The Balaban J connectivity index is 2.23. The maximum atomic E-state index is 4.41. The van der Waals surface area contributed by atoms with Crippen molar-refractivity contribution in [1.82, 2.24) is 9.97 Å². The third-order valence-electron chi connectivity index (χ3n) is 3.18. The Morgan fingerprint density at radius 3 is 2.59 bits per heavy atom. The summed E-state index contributed by atoms with van der Waals surface area (Å²) >= 11 is 0. The van der Waals surface area contributed by atoms with E-state index in [0.29, 0.717) is 5.92 Å². The van der Waals surface area contributed by atoms with Gasteiger partial charge in [0.2, 0.25) is 0 Å². The Morgan fingerprint density at radius 2 is 2.00 bits per heavy atom. The van der Waals surface area contributed by atoms with Crippen LogP contribution in [0.25, 0.3) is 0 Å². The number of imidazole rings is 1. The summed E-state index contributed by atoms with van der Waals surface area (Å²) in [4.78, 5) is 7.66. The molecule has 1 aromatic heterocycles. The summed E-state index contributed by atoms with van der Waals surface area (Å²) in [6.45, 7) is 4.35. The number of H-pyrrole nitrogens is 1. The molecule has 0 spiro atoms. The van der Waals surface area contributed by atoms with E-state index < -0.39 is 0 Å². The van der Waals surface area contributed by atoms with Crippen molar-refractivity contribution >= 4 is 0 Å². The van der Waals surface area contributed by atoms with Crippen LogP contribution in [0.1, 0.15) is 49.1 Å². The van der Waals surface area contributed by atoms with E-state index in [1.54, 1.807) is 0 Å². The number of rotatable bonds is 5. The molecular weight excluding hydrogens is 208 g/mol. The van der Waals surface area contributed by atoms with E-state index in [2.05, 4.69) is 48.1 Å². The molecule has 0 bridgehead atoms. The van der Waals surface area contributed by atoms with Crippen LogP contribution in [0, 0.1) is 6.92 Å². The van der Waals surface area contributed by atoms with Gasteiger partial charge >= 0.3 is 0 Å². The van der Waals surface area contributed by atoms with Crippen molar-refractivity contribution in [1.29, 1.82) is 0 Å². The molecule has 0 fully saturated rings. The molecule has 1 atom stereocenters. The van der Waals surface area contributed by atoms with Gasteiger partial charge in [-0.3, -0.25) is 0 Å². The van der Waals surface area contributed by atoms with Crippen LogP contribution in [0.4, 0.5) is 0 Å². The fraction of sp³-hybridized carbons (Fsp3) is 0.400. The number of nitrogens with one attached hydrogen (secondary N) is 1. The summed E-state index contributed by atoms with van der Waals surface area (Å²) in [7, 11) is 0. The third kappa shape index (κ3) is 2.96. The largest absolute Gasteiger partial charge is 0.348 e. The highest BCUT2D eigenvalue weighted by Gasteiger charge is 2.15. The Hall–Kier alpha value is -1.57. The number of nitrogens with zero attached hydrogens (tertiary/aromatic N) is 1. The molecule has 0 aliphatic heterocycles. The van der Waals surface area contributed by atoms with Crippen LogP contribution in [0.5, 0.6) is 0 Å². The Labute approximate surface area is 103 Å². The molecule has 1 unspecified atom stereocenters. The van der Waals surface area contributed by atoms with Crippen LogP contribution in [0.15, 0.2) is 36.7 Å². The number of aromatic amines is 1. The minimum Gasteiger partial charge on any atom is -0.348 e. The lowest BCUT2D eigenvalue weighted by molar-refractivity contribution is 0.627. The zero-order valence-corrected chi connectivity index (χ0v) is 10.6. The fourth-order valence-corrected chi connectivity index (χ4v) is 2.14. The summed E-state index contributed by atoms with van der Waals surface area (Å²) in [6, 6.07) is 8.80. The molecule has 0 amide bonds. The van der Waals surface area contributed by atoms with Crippen LogP contribution in [-0.4, -0.2) is 9.97 Å². The lowest BCUT2D eigenvalue weighted by Gasteiger charge is -2.15. The van der Waals surface area contributed by atoms with Crippen LogP contribution in [0.2, 0.25) is 0 Å². The van der Waals surface area contributed by atoms with Crippen molar-refractivity contribution in [3.05, 3.63) is 53.6 Å². The molecule has 0 saturated heterocycles. The maximum absolute atomic E-state index is 4.41. The molecule has 0 radical (unpaired) electrons. The number of aryl methyl sites for hydroxylation is 1. The molecule has 17 heavy (non-hydrogen) atoms. The summed E-state index contributed by atoms with van der Waals surface area (Å²) < 4.78 is 0. The van der Waals surface area contributed by atoms with E-state index >= 15 is 0 Å². The van der Waals surface area contributed by atoms with Crippen molar-refractivity contribution < 1.29 is 0 Å². The van der Waals surface area contributed by atoms with Crippen molar-refractivity contribution in [2.24, 2.45) is 0 Å². The molecular formula is C15H20N2. The number of benzene rings is 1. The zero-order chi connectivity index (χ0) is 12.1. The molecule has 0 aliphatic carbocycles. The molecule has 2 heteroatoms. The first-order chi connectivity index (χ1) is 8.31. The molecule has 2 nitrogen and oxygen atoms in total. The number of hydrogen-bond acceptors (Lipinski definition) is 1. The van der Waals surface area contributed by atoms with Crippen LogP contribution >= 0.6 is 0 Å². The van der Waals surface area contributed by atoms with E-state index in [9.17, 15) is 0 Å². The van der Waals surface area contributed by atoms with Gasteiger partial charge in [0.1, 0.15) is 5.82 Å². The Bertz CT molecular complexity index is 428. The molecule has 2 rings (SSSR count). The first-order valence-corrected chi connectivity index (χ1v) is 6.37. The quantitative estimate of drug-likeness (QED) is 0.822. The molecule has 1 aromatic carbocycles. The fourth-order valence-electron chi connectivity index (χ4n) is 2.14. The van der Waals surface area contributed by atoms with Gasteiger partial charge in [0.05, 0.1) is 0 Å². The van der Waals surface area contributed by atoms with E-state index in [0.717, 1.165) is 12.2 Å². The van der Waals surface area contributed by atoms with Gasteiger partial charge in [0.25, 0.3) is 0 Å². The second-order valence-corrected chi connectivity index (χ2v) is 4.58. The highest BCUT2D eigenvalue weighted by atomic mass is 14.9. The van der Waals surface area contributed by atoms with Gasteiger partial charge in [0.15, 0.2) is 0 Å². The van der Waals surface area contributed by atoms with E-state index in [1.807, 2.05) is 12.4 Å². The van der Waals surface area contributed by atoms with Gasteiger partial charge in [-0.2, -0.15) is 0 Å². The molecule has 90 valence electrons. The maximum Gasteiger partial charge on any atom is 0.113 e. The van der Waals surface area contributed by atoms with Crippen molar-refractivity contribution in [2.45, 2.75) is 39.0 Å². The average Bonchev–Trinajstić information content (AvgIpc) is 2.85. The van der Waals surface area contributed by atoms with Crippen molar-refractivity contribution in [2.75, 3.05) is 0 Å². The van der Waals surface area contributed by atoms with Crippen molar-refractivity contribution in [3.63, 3.8) is 0 Å². The predicted molar refractivity (Wildman–Crippen MR) is 71.1 cm³/mol. The smallest absolute Gasteiger partial charge is 0.113 e. The minimum atomic E-state index is 0.408. The highest BCUT2D eigenvalue weighted by molar-refractivity contribution is 5.28.